The third-order valence-electron chi connectivity index (χ3n) is 3.33. The van der Waals surface area contributed by atoms with E-state index >= 15 is 0 Å². The van der Waals surface area contributed by atoms with Crippen LogP contribution in [0.2, 0.25) is 0 Å². The largest absolute Gasteiger partial charge is 0.347 e. The van der Waals surface area contributed by atoms with Crippen molar-refractivity contribution in [1.29, 1.82) is 0 Å². The molecule has 0 radical (unpaired) electrons. The summed E-state index contributed by atoms with van der Waals surface area (Å²) >= 11 is 1.40. The number of fused-ring (bicyclic) bond motifs is 1. The van der Waals surface area contributed by atoms with Gasteiger partial charge in [-0.2, -0.15) is 0 Å². The van der Waals surface area contributed by atoms with Gasteiger partial charge in [-0.1, -0.05) is 0 Å². The van der Waals surface area contributed by atoms with Gasteiger partial charge in [0.2, 0.25) is 0 Å². The van der Waals surface area contributed by atoms with Crippen molar-refractivity contribution >= 4 is 27.3 Å². The van der Waals surface area contributed by atoms with Crippen molar-refractivity contribution in [1.82, 2.24) is 10.6 Å². The number of hydrogen-bond donors (Lipinski definition) is 2. The Morgan fingerprint density at radius 2 is 2.32 bits per heavy atom. The predicted molar refractivity (Wildman–Crippen MR) is 75.1 cm³/mol. The molecule has 1 saturated heterocycles. The third kappa shape index (κ3) is 2.77. The average molecular weight is 278 g/mol. The van der Waals surface area contributed by atoms with E-state index < -0.39 is 0 Å². The van der Waals surface area contributed by atoms with Gasteiger partial charge in [0.25, 0.3) is 5.91 Å². The molecule has 0 unspecified atom stereocenters. The highest BCUT2D eigenvalue weighted by atomic mass is 32.1. The van der Waals surface area contributed by atoms with Gasteiger partial charge < -0.3 is 10.6 Å². The number of carbonyl (C=O) groups excluding carboxylic acids is 1. The standard InChI is InChI=1S/C14H15FN2OS/c15-10-3-4-12-9(6-10)7-13(19-12)14(18)17-11-2-1-5-16-8-11/h3-4,6-7,11,16H,1-2,5,8H2,(H,17,18)/t11-/m0/s1. The zero-order valence-electron chi connectivity index (χ0n) is 10.4. The summed E-state index contributed by atoms with van der Waals surface area (Å²) in [5.41, 5.74) is 0. The molecule has 1 amide bonds. The quantitative estimate of drug-likeness (QED) is 0.886. The van der Waals surface area contributed by atoms with Crippen LogP contribution in [0.5, 0.6) is 0 Å². The molecular formula is C14H15FN2OS. The number of benzene rings is 1. The van der Waals surface area contributed by atoms with E-state index in [0.29, 0.717) is 4.88 Å². The van der Waals surface area contributed by atoms with Crippen LogP contribution in [-0.2, 0) is 0 Å². The maximum absolute atomic E-state index is 13.1. The van der Waals surface area contributed by atoms with Gasteiger partial charge in [0.15, 0.2) is 0 Å². The molecule has 100 valence electrons. The highest BCUT2D eigenvalue weighted by Gasteiger charge is 2.17. The molecule has 0 spiro atoms. The van der Waals surface area contributed by atoms with E-state index in [1.54, 1.807) is 12.1 Å². The van der Waals surface area contributed by atoms with Crippen molar-refractivity contribution in [2.45, 2.75) is 18.9 Å². The number of thiophene rings is 1. The smallest absolute Gasteiger partial charge is 0.261 e. The maximum atomic E-state index is 13.1. The first-order chi connectivity index (χ1) is 9.22. The van der Waals surface area contributed by atoms with Gasteiger partial charge in [0.05, 0.1) is 4.88 Å². The molecule has 1 aliphatic heterocycles. The molecule has 0 saturated carbocycles. The number of nitrogens with one attached hydrogen (secondary N) is 2. The van der Waals surface area contributed by atoms with Crippen molar-refractivity contribution in [2.24, 2.45) is 0 Å². The Labute approximate surface area is 114 Å². The van der Waals surface area contributed by atoms with E-state index in [0.717, 1.165) is 36.0 Å². The van der Waals surface area contributed by atoms with Crippen LogP contribution in [0.3, 0.4) is 0 Å². The molecule has 1 fully saturated rings. The minimum absolute atomic E-state index is 0.0599. The summed E-state index contributed by atoms with van der Waals surface area (Å²) in [6, 6.07) is 6.56. The molecule has 2 N–H and O–H groups in total. The first-order valence-electron chi connectivity index (χ1n) is 6.43. The van der Waals surface area contributed by atoms with Crippen molar-refractivity contribution in [3.8, 4) is 0 Å². The Bertz CT molecular complexity index is 605. The second-order valence-corrected chi connectivity index (χ2v) is 5.89. The Balaban J connectivity index is 1.77. The molecule has 3 nitrogen and oxygen atoms in total. The molecule has 1 aliphatic rings. The Morgan fingerprint density at radius 1 is 1.42 bits per heavy atom. The normalized spacial score (nSPS) is 19.5. The van der Waals surface area contributed by atoms with Crippen LogP contribution in [0, 0.1) is 5.82 Å². The zero-order valence-corrected chi connectivity index (χ0v) is 11.2. The second-order valence-electron chi connectivity index (χ2n) is 4.81. The lowest BCUT2D eigenvalue weighted by Crippen LogP contribution is -2.45. The number of amides is 1. The van der Waals surface area contributed by atoms with E-state index in [1.165, 1.54) is 23.5 Å². The summed E-state index contributed by atoms with van der Waals surface area (Å²) in [6.07, 6.45) is 2.10. The van der Waals surface area contributed by atoms with Crippen molar-refractivity contribution in [2.75, 3.05) is 13.1 Å². The fourth-order valence-electron chi connectivity index (χ4n) is 2.36. The third-order valence-corrected chi connectivity index (χ3v) is 4.45. The average Bonchev–Trinajstić information content (AvgIpc) is 2.83. The molecule has 2 aromatic rings. The van der Waals surface area contributed by atoms with Crippen LogP contribution in [0.15, 0.2) is 24.3 Å². The second kappa shape index (κ2) is 5.27. The number of rotatable bonds is 2. The van der Waals surface area contributed by atoms with E-state index in [1.807, 2.05) is 0 Å². The minimum Gasteiger partial charge on any atom is -0.347 e. The predicted octanol–water partition coefficient (Wildman–Crippen LogP) is 2.52. The van der Waals surface area contributed by atoms with Crippen LogP contribution in [-0.4, -0.2) is 25.0 Å². The highest BCUT2D eigenvalue weighted by Crippen LogP contribution is 2.26. The molecule has 0 aliphatic carbocycles. The SMILES string of the molecule is O=C(N[C@H]1CCCNC1)c1cc2cc(F)ccc2s1. The number of carbonyl (C=O) groups is 1. The van der Waals surface area contributed by atoms with E-state index in [9.17, 15) is 9.18 Å². The highest BCUT2D eigenvalue weighted by molar-refractivity contribution is 7.20. The van der Waals surface area contributed by atoms with E-state index in [-0.39, 0.29) is 17.8 Å². The van der Waals surface area contributed by atoms with Crippen molar-refractivity contribution in [3.05, 3.63) is 35.0 Å². The topological polar surface area (TPSA) is 41.1 Å². The molecule has 5 heteroatoms. The van der Waals surface area contributed by atoms with Crippen LogP contribution in [0.25, 0.3) is 10.1 Å². The Hall–Kier alpha value is -1.46. The van der Waals surface area contributed by atoms with Gasteiger partial charge in [0.1, 0.15) is 5.82 Å². The number of piperidine rings is 1. The lowest BCUT2D eigenvalue weighted by molar-refractivity contribution is 0.0935. The molecule has 0 bridgehead atoms. The first-order valence-corrected chi connectivity index (χ1v) is 7.25. The van der Waals surface area contributed by atoms with Gasteiger partial charge in [-0.25, -0.2) is 4.39 Å². The van der Waals surface area contributed by atoms with Gasteiger partial charge in [-0.05, 0) is 49.0 Å². The Kier molecular flexibility index (Phi) is 3.48. The molecule has 1 atom stereocenters. The van der Waals surface area contributed by atoms with E-state index in [4.69, 9.17) is 0 Å². The summed E-state index contributed by atoms with van der Waals surface area (Å²) in [4.78, 5) is 12.8. The summed E-state index contributed by atoms with van der Waals surface area (Å²) in [7, 11) is 0. The van der Waals surface area contributed by atoms with Gasteiger partial charge >= 0.3 is 0 Å². The number of halogens is 1. The lowest BCUT2D eigenvalue weighted by atomic mass is 10.1. The summed E-state index contributed by atoms with van der Waals surface area (Å²) in [5.74, 6) is -0.330. The Morgan fingerprint density at radius 3 is 3.11 bits per heavy atom. The summed E-state index contributed by atoms with van der Waals surface area (Å²) in [5, 5.41) is 7.08. The van der Waals surface area contributed by atoms with Crippen molar-refractivity contribution < 1.29 is 9.18 Å². The van der Waals surface area contributed by atoms with Gasteiger partial charge in [0, 0.05) is 17.3 Å². The first kappa shape index (κ1) is 12.6. The summed E-state index contributed by atoms with van der Waals surface area (Å²) in [6.45, 7) is 1.85. The molecular weight excluding hydrogens is 263 g/mol. The molecule has 1 aromatic carbocycles. The van der Waals surface area contributed by atoms with E-state index in [2.05, 4.69) is 10.6 Å². The van der Waals surface area contributed by atoms with Crippen molar-refractivity contribution in [3.63, 3.8) is 0 Å². The molecule has 2 heterocycles. The fraction of sp³-hybridized carbons (Fsp3) is 0.357. The zero-order chi connectivity index (χ0) is 13.2. The minimum atomic E-state index is -0.270. The fourth-order valence-corrected chi connectivity index (χ4v) is 3.30. The van der Waals surface area contributed by atoms with Gasteiger partial charge in [-0.15, -0.1) is 11.3 Å². The monoisotopic (exact) mass is 278 g/mol. The number of hydrogen-bond acceptors (Lipinski definition) is 3. The molecule has 1 aromatic heterocycles. The van der Waals surface area contributed by atoms with Crippen LogP contribution in [0.4, 0.5) is 4.39 Å². The maximum Gasteiger partial charge on any atom is 0.261 e. The molecule has 19 heavy (non-hydrogen) atoms. The van der Waals surface area contributed by atoms with Crippen LogP contribution in [0.1, 0.15) is 22.5 Å². The molecule has 3 rings (SSSR count). The van der Waals surface area contributed by atoms with Gasteiger partial charge in [-0.3, -0.25) is 4.79 Å². The van der Waals surface area contributed by atoms with Crippen LogP contribution < -0.4 is 10.6 Å². The summed E-state index contributed by atoms with van der Waals surface area (Å²) < 4.78 is 14.1. The lowest BCUT2D eigenvalue weighted by Gasteiger charge is -2.23. The van der Waals surface area contributed by atoms with Crippen LogP contribution >= 0.6 is 11.3 Å².